The maximum atomic E-state index is 14.0. The topological polar surface area (TPSA) is 75.0 Å². The minimum Gasteiger partial charge on any atom is -0.339 e. The third kappa shape index (κ3) is 5.18. The highest BCUT2D eigenvalue weighted by atomic mass is 32.2. The van der Waals surface area contributed by atoms with Gasteiger partial charge in [0.2, 0.25) is 10.0 Å². The number of nitrogens with zero attached hydrogens (tertiary/aromatic N) is 4. The third-order valence-corrected chi connectivity index (χ3v) is 9.53. The van der Waals surface area contributed by atoms with Gasteiger partial charge in [-0.1, -0.05) is 30.5 Å². The first-order chi connectivity index (χ1) is 18.1. The minimum absolute atomic E-state index is 0.0464. The van der Waals surface area contributed by atoms with Crippen molar-refractivity contribution >= 4 is 21.4 Å². The molecule has 2 saturated heterocycles. The van der Waals surface area contributed by atoms with E-state index in [-0.39, 0.29) is 16.3 Å². The second-order valence-electron chi connectivity index (χ2n) is 10.2. The number of rotatable bonds is 4. The summed E-state index contributed by atoms with van der Waals surface area (Å²) in [6.45, 7) is 3.36. The summed E-state index contributed by atoms with van der Waals surface area (Å²) in [4.78, 5) is 15.2. The van der Waals surface area contributed by atoms with E-state index in [1.54, 1.807) is 36.4 Å². The van der Waals surface area contributed by atoms with Crippen molar-refractivity contribution < 1.29 is 26.4 Å². The highest BCUT2D eigenvalue weighted by Crippen LogP contribution is 2.36. The Bertz CT molecular complexity index is 1420. The molecule has 4 heterocycles. The molecule has 0 atom stereocenters. The molecule has 204 valence electrons. The Morgan fingerprint density at radius 3 is 2.18 bits per heavy atom. The van der Waals surface area contributed by atoms with Gasteiger partial charge >= 0.3 is 6.18 Å². The lowest BCUT2D eigenvalue weighted by Crippen LogP contribution is -2.37. The number of fused-ring (bicyclic) bond motifs is 1. The molecule has 38 heavy (non-hydrogen) atoms. The molecule has 0 N–H and O–H groups in total. The number of halogens is 3. The SMILES string of the molecule is Cc1ccc(S(=O)(=O)N2CCC(c3ccn4nc(C(F)(F)F)c(C(=O)N5CCCCCC5)c4c3)CC2)cc1. The van der Waals surface area contributed by atoms with E-state index in [9.17, 15) is 26.4 Å². The summed E-state index contributed by atoms with van der Waals surface area (Å²) in [5, 5.41) is 3.75. The molecule has 1 amide bonds. The van der Waals surface area contributed by atoms with Crippen molar-refractivity contribution in [3.63, 3.8) is 0 Å². The summed E-state index contributed by atoms with van der Waals surface area (Å²) in [6, 6.07) is 10.1. The smallest absolute Gasteiger partial charge is 0.339 e. The summed E-state index contributed by atoms with van der Waals surface area (Å²) in [6.07, 6.45) is 1.19. The molecule has 5 rings (SSSR count). The average Bonchev–Trinajstić information content (AvgIpc) is 3.07. The minimum atomic E-state index is -4.77. The van der Waals surface area contributed by atoms with Gasteiger partial charge in [0.15, 0.2) is 5.69 Å². The summed E-state index contributed by atoms with van der Waals surface area (Å²) < 4.78 is 70.6. The van der Waals surface area contributed by atoms with Crippen molar-refractivity contribution in [3.8, 4) is 0 Å². The molecular weight excluding hydrogens is 517 g/mol. The van der Waals surface area contributed by atoms with Crippen LogP contribution in [0.5, 0.6) is 0 Å². The van der Waals surface area contributed by atoms with Gasteiger partial charge in [-0.05, 0) is 68.4 Å². The highest BCUT2D eigenvalue weighted by molar-refractivity contribution is 7.89. The van der Waals surface area contributed by atoms with Gasteiger partial charge in [0, 0.05) is 32.4 Å². The van der Waals surface area contributed by atoms with Crippen LogP contribution >= 0.6 is 0 Å². The van der Waals surface area contributed by atoms with Crippen LogP contribution in [0.15, 0.2) is 47.5 Å². The fraction of sp³-hybridized carbons (Fsp3) is 0.481. The van der Waals surface area contributed by atoms with Gasteiger partial charge in [-0.2, -0.15) is 22.6 Å². The zero-order valence-corrected chi connectivity index (χ0v) is 22.1. The van der Waals surface area contributed by atoms with Crippen molar-refractivity contribution in [3.05, 3.63) is 65.0 Å². The van der Waals surface area contributed by atoms with E-state index in [0.717, 1.165) is 41.3 Å². The van der Waals surface area contributed by atoms with Crippen LogP contribution in [0.3, 0.4) is 0 Å². The van der Waals surface area contributed by atoms with Gasteiger partial charge < -0.3 is 4.90 Å². The number of piperidine rings is 1. The third-order valence-electron chi connectivity index (χ3n) is 7.62. The number of aryl methyl sites for hydroxylation is 1. The predicted molar refractivity (Wildman–Crippen MR) is 136 cm³/mol. The van der Waals surface area contributed by atoms with E-state index in [1.807, 2.05) is 6.92 Å². The lowest BCUT2D eigenvalue weighted by atomic mass is 9.90. The van der Waals surface area contributed by atoms with Crippen molar-refractivity contribution in [2.75, 3.05) is 26.2 Å². The molecule has 3 aromatic rings. The molecule has 11 heteroatoms. The van der Waals surface area contributed by atoms with E-state index in [2.05, 4.69) is 5.10 Å². The second-order valence-corrected chi connectivity index (χ2v) is 12.1. The standard InChI is InChI=1S/C27H31F3N4O3S/c1-19-6-8-22(9-7-19)38(36,37)33-15-10-20(11-16-33)21-12-17-34-23(18-21)24(25(31-34)27(28,29)30)26(35)32-13-4-2-3-5-14-32/h6-9,12,17-18,20H,2-5,10-11,13-16H2,1H3. The van der Waals surface area contributed by atoms with Crippen molar-refractivity contribution in [2.45, 2.75) is 62.4 Å². The number of carbonyl (C=O) groups is 1. The van der Waals surface area contributed by atoms with Gasteiger partial charge in [0.25, 0.3) is 5.91 Å². The number of alkyl halides is 3. The number of benzene rings is 1. The van der Waals surface area contributed by atoms with Crippen molar-refractivity contribution in [1.29, 1.82) is 0 Å². The Labute approximate surface area is 220 Å². The number of likely N-dealkylation sites (tertiary alicyclic amines) is 1. The zero-order valence-electron chi connectivity index (χ0n) is 21.2. The Balaban J connectivity index is 1.42. The monoisotopic (exact) mass is 548 g/mol. The fourth-order valence-corrected chi connectivity index (χ4v) is 6.92. The molecule has 2 aliphatic rings. The Morgan fingerprint density at radius 1 is 0.947 bits per heavy atom. The van der Waals surface area contributed by atoms with Crippen LogP contribution < -0.4 is 0 Å². The van der Waals surface area contributed by atoms with Crippen LogP contribution in [0, 0.1) is 6.92 Å². The molecule has 0 saturated carbocycles. The van der Waals surface area contributed by atoms with Crippen LogP contribution in [0.4, 0.5) is 13.2 Å². The van der Waals surface area contributed by atoms with E-state index in [4.69, 9.17) is 0 Å². The molecule has 2 aromatic heterocycles. The Hall–Kier alpha value is -2.92. The first kappa shape index (κ1) is 26.7. The van der Waals surface area contributed by atoms with E-state index in [0.29, 0.717) is 39.0 Å². The molecule has 2 aliphatic heterocycles. The van der Waals surface area contributed by atoms with Crippen LogP contribution in [0.1, 0.15) is 71.6 Å². The van der Waals surface area contributed by atoms with Gasteiger partial charge in [0.05, 0.1) is 16.0 Å². The maximum absolute atomic E-state index is 14.0. The summed E-state index contributed by atoms with van der Waals surface area (Å²) in [5.74, 6) is -0.680. The van der Waals surface area contributed by atoms with Crippen LogP contribution in [-0.4, -0.2) is 59.3 Å². The van der Waals surface area contributed by atoms with Gasteiger partial charge in [0.1, 0.15) is 0 Å². The lowest BCUT2D eigenvalue weighted by molar-refractivity contribution is -0.141. The van der Waals surface area contributed by atoms with Crippen LogP contribution in [-0.2, 0) is 16.2 Å². The van der Waals surface area contributed by atoms with Crippen LogP contribution in [0.25, 0.3) is 5.52 Å². The molecule has 1 aromatic carbocycles. The number of pyridine rings is 1. The molecule has 7 nitrogen and oxygen atoms in total. The summed E-state index contributed by atoms with van der Waals surface area (Å²) >= 11 is 0. The van der Waals surface area contributed by atoms with Crippen LogP contribution in [0.2, 0.25) is 0 Å². The number of hydrogen-bond acceptors (Lipinski definition) is 4. The summed E-state index contributed by atoms with van der Waals surface area (Å²) in [7, 11) is -3.62. The first-order valence-electron chi connectivity index (χ1n) is 13.0. The molecule has 0 bridgehead atoms. The number of aromatic nitrogens is 2. The van der Waals surface area contributed by atoms with Crippen molar-refractivity contribution in [2.24, 2.45) is 0 Å². The largest absolute Gasteiger partial charge is 0.436 e. The molecule has 0 spiro atoms. The normalized spacial score (nSPS) is 18.6. The lowest BCUT2D eigenvalue weighted by Gasteiger charge is -2.31. The maximum Gasteiger partial charge on any atom is 0.436 e. The van der Waals surface area contributed by atoms with Gasteiger partial charge in [-0.25, -0.2) is 12.9 Å². The quantitative estimate of drug-likeness (QED) is 0.447. The summed E-state index contributed by atoms with van der Waals surface area (Å²) in [5.41, 5.74) is 0.325. The molecule has 0 radical (unpaired) electrons. The molecule has 0 aliphatic carbocycles. The average molecular weight is 549 g/mol. The zero-order chi connectivity index (χ0) is 27.1. The number of hydrogen-bond donors (Lipinski definition) is 0. The molecule has 2 fully saturated rings. The van der Waals surface area contributed by atoms with E-state index in [1.165, 1.54) is 15.4 Å². The number of carbonyl (C=O) groups excluding carboxylic acids is 1. The highest BCUT2D eigenvalue weighted by Gasteiger charge is 2.41. The van der Waals surface area contributed by atoms with Crippen molar-refractivity contribution in [1.82, 2.24) is 18.8 Å². The number of amides is 1. The number of sulfonamides is 1. The van der Waals surface area contributed by atoms with Gasteiger partial charge in [-0.3, -0.25) is 4.79 Å². The Kier molecular flexibility index (Phi) is 7.25. The predicted octanol–water partition coefficient (Wildman–Crippen LogP) is 5.25. The van der Waals surface area contributed by atoms with E-state index >= 15 is 0 Å². The van der Waals surface area contributed by atoms with Gasteiger partial charge in [-0.15, -0.1) is 0 Å². The molecular formula is C27H31F3N4O3S. The molecule has 0 unspecified atom stereocenters. The fourth-order valence-electron chi connectivity index (χ4n) is 5.45. The Morgan fingerprint density at radius 2 is 1.58 bits per heavy atom. The van der Waals surface area contributed by atoms with E-state index < -0.39 is 33.4 Å². The second kappa shape index (κ2) is 10.3. The first-order valence-corrected chi connectivity index (χ1v) is 14.5.